The van der Waals surface area contributed by atoms with Gasteiger partial charge in [-0.25, -0.2) is 0 Å². The number of carbonyl (C=O) groups excluding carboxylic acids is 1. The molecule has 1 heterocycles. The topological polar surface area (TPSA) is 61.6 Å². The molecule has 1 amide bonds. The monoisotopic (exact) mass is 270 g/mol. The van der Waals surface area contributed by atoms with Gasteiger partial charge in [0.25, 0.3) is 0 Å². The maximum atomic E-state index is 11.5. The first kappa shape index (κ1) is 16.4. The Bertz CT molecular complexity index is 285. The number of likely N-dealkylation sites (N-methyl/N-ethyl adjacent to an activating group) is 2. The van der Waals surface area contributed by atoms with Gasteiger partial charge in [0.05, 0.1) is 5.54 Å². The van der Waals surface area contributed by atoms with E-state index in [0.717, 1.165) is 39.0 Å². The van der Waals surface area contributed by atoms with Crippen molar-refractivity contribution in [2.75, 3.05) is 46.3 Å². The van der Waals surface area contributed by atoms with Gasteiger partial charge in [0.2, 0.25) is 5.91 Å². The van der Waals surface area contributed by atoms with Gasteiger partial charge in [-0.2, -0.15) is 0 Å². The van der Waals surface area contributed by atoms with Gasteiger partial charge in [-0.15, -0.1) is 0 Å². The number of nitrogens with one attached hydrogen (secondary N) is 1. The standard InChI is InChI=1S/C14H30N4O/c1-4-16-14(2,13(15)19)7-5-9-18-10-6-8-17(3)11-12-18/h16H,4-12H2,1-3H3,(H2,15,19). The molecule has 0 aromatic heterocycles. The Morgan fingerprint density at radius 1 is 1.32 bits per heavy atom. The molecule has 5 nitrogen and oxygen atoms in total. The molecule has 0 saturated carbocycles. The molecule has 1 atom stereocenters. The smallest absolute Gasteiger partial charge is 0.237 e. The molecule has 19 heavy (non-hydrogen) atoms. The number of hydrogen-bond acceptors (Lipinski definition) is 4. The van der Waals surface area contributed by atoms with Gasteiger partial charge < -0.3 is 20.9 Å². The lowest BCUT2D eigenvalue weighted by molar-refractivity contribution is -0.124. The SMILES string of the molecule is CCNC(C)(CCCN1CCCN(C)CC1)C(N)=O. The molecule has 0 aromatic carbocycles. The largest absolute Gasteiger partial charge is 0.368 e. The minimum absolute atomic E-state index is 0.245. The first-order valence-electron chi connectivity index (χ1n) is 7.44. The van der Waals surface area contributed by atoms with E-state index in [0.29, 0.717) is 0 Å². The number of hydrogen-bond donors (Lipinski definition) is 2. The number of rotatable bonds is 7. The van der Waals surface area contributed by atoms with Crippen molar-refractivity contribution >= 4 is 5.91 Å². The Kier molecular flexibility index (Phi) is 6.75. The third-order valence-corrected chi connectivity index (χ3v) is 4.07. The summed E-state index contributed by atoms with van der Waals surface area (Å²) < 4.78 is 0. The molecule has 1 saturated heterocycles. The van der Waals surface area contributed by atoms with Crippen LogP contribution in [0.5, 0.6) is 0 Å². The molecule has 3 N–H and O–H groups in total. The quantitative estimate of drug-likeness (QED) is 0.696. The van der Waals surface area contributed by atoms with Gasteiger partial charge in [0.15, 0.2) is 0 Å². The molecule has 1 fully saturated rings. The first-order valence-corrected chi connectivity index (χ1v) is 7.44. The second kappa shape index (κ2) is 7.82. The van der Waals surface area contributed by atoms with E-state index in [1.54, 1.807) is 0 Å². The number of nitrogens with two attached hydrogens (primary N) is 1. The average molecular weight is 270 g/mol. The van der Waals surface area contributed by atoms with E-state index in [9.17, 15) is 4.79 Å². The molecule has 0 aromatic rings. The minimum Gasteiger partial charge on any atom is -0.368 e. The minimum atomic E-state index is -0.558. The van der Waals surface area contributed by atoms with Crippen LogP contribution in [0.1, 0.15) is 33.1 Å². The highest BCUT2D eigenvalue weighted by atomic mass is 16.1. The Balaban J connectivity index is 2.33. The predicted octanol–water partition coefficient (Wildman–Crippen LogP) is 0.258. The van der Waals surface area contributed by atoms with Crippen molar-refractivity contribution in [1.29, 1.82) is 0 Å². The fraction of sp³-hybridized carbons (Fsp3) is 0.929. The normalized spacial score (nSPS) is 21.8. The van der Waals surface area contributed by atoms with Gasteiger partial charge in [-0.1, -0.05) is 6.92 Å². The molecule has 0 aliphatic carbocycles. The van der Waals surface area contributed by atoms with Gasteiger partial charge >= 0.3 is 0 Å². The molecule has 5 heteroatoms. The van der Waals surface area contributed by atoms with Crippen molar-refractivity contribution in [3.63, 3.8) is 0 Å². The lowest BCUT2D eigenvalue weighted by atomic mass is 9.94. The summed E-state index contributed by atoms with van der Waals surface area (Å²) in [5.74, 6) is -0.245. The maximum absolute atomic E-state index is 11.5. The lowest BCUT2D eigenvalue weighted by Gasteiger charge is -2.28. The molecule has 1 rings (SSSR count). The van der Waals surface area contributed by atoms with Gasteiger partial charge in [0.1, 0.15) is 0 Å². The highest BCUT2D eigenvalue weighted by Crippen LogP contribution is 2.13. The van der Waals surface area contributed by atoms with E-state index in [1.165, 1.54) is 19.5 Å². The van der Waals surface area contributed by atoms with E-state index >= 15 is 0 Å². The van der Waals surface area contributed by atoms with Crippen molar-refractivity contribution < 1.29 is 4.79 Å². The maximum Gasteiger partial charge on any atom is 0.237 e. The average Bonchev–Trinajstić information content (AvgIpc) is 2.54. The van der Waals surface area contributed by atoms with Crippen LogP contribution in [0.25, 0.3) is 0 Å². The van der Waals surface area contributed by atoms with E-state index in [4.69, 9.17) is 5.73 Å². The molecule has 1 aliphatic heterocycles. The number of carbonyl (C=O) groups is 1. The molecule has 1 aliphatic rings. The van der Waals surface area contributed by atoms with Crippen molar-refractivity contribution in [3.8, 4) is 0 Å². The number of primary amides is 1. The molecular weight excluding hydrogens is 240 g/mol. The zero-order valence-corrected chi connectivity index (χ0v) is 12.7. The van der Waals surface area contributed by atoms with Crippen molar-refractivity contribution in [1.82, 2.24) is 15.1 Å². The summed E-state index contributed by atoms with van der Waals surface area (Å²) in [7, 11) is 2.18. The zero-order valence-electron chi connectivity index (χ0n) is 12.7. The molecule has 0 radical (unpaired) electrons. The van der Waals surface area contributed by atoms with E-state index < -0.39 is 5.54 Å². The fourth-order valence-corrected chi connectivity index (χ4v) is 2.67. The van der Waals surface area contributed by atoms with Crippen LogP contribution in [-0.4, -0.2) is 67.6 Å². The summed E-state index contributed by atoms with van der Waals surface area (Å²) >= 11 is 0. The van der Waals surface area contributed by atoms with Crippen LogP contribution in [0.15, 0.2) is 0 Å². The van der Waals surface area contributed by atoms with Crippen LogP contribution in [-0.2, 0) is 4.79 Å². The highest BCUT2D eigenvalue weighted by Gasteiger charge is 2.29. The summed E-state index contributed by atoms with van der Waals surface area (Å²) in [6, 6.07) is 0. The Labute approximate surface area is 117 Å². The van der Waals surface area contributed by atoms with E-state index in [-0.39, 0.29) is 5.91 Å². The third kappa shape index (κ3) is 5.47. The highest BCUT2D eigenvalue weighted by molar-refractivity contribution is 5.84. The van der Waals surface area contributed by atoms with Crippen LogP contribution in [0.3, 0.4) is 0 Å². The summed E-state index contributed by atoms with van der Waals surface area (Å²) in [6.45, 7) is 10.4. The molecule has 0 bridgehead atoms. The van der Waals surface area contributed by atoms with E-state index in [1.807, 2.05) is 13.8 Å². The fourth-order valence-electron chi connectivity index (χ4n) is 2.67. The Hall–Kier alpha value is -0.650. The van der Waals surface area contributed by atoms with Crippen molar-refractivity contribution in [2.45, 2.75) is 38.6 Å². The van der Waals surface area contributed by atoms with Crippen LogP contribution in [0.2, 0.25) is 0 Å². The van der Waals surface area contributed by atoms with Crippen LogP contribution >= 0.6 is 0 Å². The lowest BCUT2D eigenvalue weighted by Crippen LogP contribution is -2.53. The van der Waals surface area contributed by atoms with Crippen LogP contribution < -0.4 is 11.1 Å². The summed E-state index contributed by atoms with van der Waals surface area (Å²) in [6.07, 6.45) is 3.05. The van der Waals surface area contributed by atoms with Crippen molar-refractivity contribution in [3.05, 3.63) is 0 Å². The molecule has 0 spiro atoms. The van der Waals surface area contributed by atoms with Gasteiger partial charge in [-0.3, -0.25) is 4.79 Å². The number of nitrogens with zero attached hydrogens (tertiary/aromatic N) is 2. The van der Waals surface area contributed by atoms with Crippen molar-refractivity contribution in [2.24, 2.45) is 5.73 Å². The molecule has 1 unspecified atom stereocenters. The Morgan fingerprint density at radius 2 is 2.05 bits per heavy atom. The third-order valence-electron chi connectivity index (χ3n) is 4.07. The molecular formula is C14H30N4O. The zero-order chi connectivity index (χ0) is 14.3. The molecule has 112 valence electrons. The van der Waals surface area contributed by atoms with Crippen LogP contribution in [0.4, 0.5) is 0 Å². The van der Waals surface area contributed by atoms with E-state index in [2.05, 4.69) is 22.2 Å². The summed E-state index contributed by atoms with van der Waals surface area (Å²) in [5.41, 5.74) is 4.94. The Morgan fingerprint density at radius 3 is 2.68 bits per heavy atom. The van der Waals surface area contributed by atoms with Gasteiger partial charge in [-0.05, 0) is 59.4 Å². The van der Waals surface area contributed by atoms with Gasteiger partial charge in [0, 0.05) is 13.1 Å². The predicted molar refractivity (Wildman–Crippen MR) is 79.1 cm³/mol. The second-order valence-electron chi connectivity index (χ2n) is 5.83. The number of amides is 1. The summed E-state index contributed by atoms with van der Waals surface area (Å²) in [4.78, 5) is 16.4. The summed E-state index contributed by atoms with van der Waals surface area (Å²) in [5, 5.41) is 3.21. The van der Waals surface area contributed by atoms with Crippen LogP contribution in [0, 0.1) is 0 Å². The first-order chi connectivity index (χ1) is 8.98. The second-order valence-corrected chi connectivity index (χ2v) is 5.83.